The number of anilines is 1. The van der Waals surface area contributed by atoms with Crippen molar-refractivity contribution in [3.05, 3.63) is 50.1 Å². The number of benzene rings is 1. The minimum absolute atomic E-state index is 0.137. The number of aromatic nitrogens is 3. The summed E-state index contributed by atoms with van der Waals surface area (Å²) in [5, 5.41) is 11.9. The second kappa shape index (κ2) is 6.93. The van der Waals surface area contributed by atoms with Gasteiger partial charge in [0, 0.05) is 9.26 Å². The van der Waals surface area contributed by atoms with E-state index in [1.807, 2.05) is 48.7 Å². The average molecular weight is 456 g/mol. The van der Waals surface area contributed by atoms with Gasteiger partial charge in [-0.15, -0.1) is 11.3 Å². The highest BCUT2D eigenvalue weighted by atomic mass is 127. The highest BCUT2D eigenvalue weighted by Gasteiger charge is 2.21. The maximum Gasteiger partial charge on any atom is 0.247 e. The van der Waals surface area contributed by atoms with Gasteiger partial charge in [-0.3, -0.25) is 14.5 Å². The Hall–Kier alpha value is -1.52. The van der Waals surface area contributed by atoms with Crippen LogP contribution < -0.4 is 5.32 Å². The third-order valence-corrected chi connectivity index (χ3v) is 5.20. The molecular formula is C15H13IN4OS2. The molecule has 0 fully saturated rings. The summed E-state index contributed by atoms with van der Waals surface area (Å²) in [5.41, 5.74) is 0.759. The molecule has 0 saturated heterocycles. The lowest BCUT2D eigenvalue weighted by Gasteiger charge is -2.15. The van der Waals surface area contributed by atoms with E-state index >= 15 is 0 Å². The molecule has 0 aliphatic carbocycles. The van der Waals surface area contributed by atoms with Crippen molar-refractivity contribution >= 4 is 57.7 Å². The number of hydrogen-bond donors (Lipinski definition) is 2. The molecule has 0 saturated carbocycles. The fourth-order valence-corrected chi connectivity index (χ4v) is 3.50. The summed E-state index contributed by atoms with van der Waals surface area (Å²) >= 11 is 9.07. The number of nitrogens with zero attached hydrogens (tertiary/aromatic N) is 2. The Morgan fingerprint density at radius 2 is 2.13 bits per heavy atom. The number of nitrogens with one attached hydrogen (secondary N) is 2. The van der Waals surface area contributed by atoms with Gasteiger partial charge in [-0.2, -0.15) is 5.10 Å². The van der Waals surface area contributed by atoms with Crippen molar-refractivity contribution in [2.45, 2.75) is 13.0 Å². The van der Waals surface area contributed by atoms with Crippen molar-refractivity contribution in [2.75, 3.05) is 5.32 Å². The Balaban J connectivity index is 1.87. The second-order valence-electron chi connectivity index (χ2n) is 4.87. The van der Waals surface area contributed by atoms with Crippen molar-refractivity contribution in [3.8, 4) is 10.7 Å². The lowest BCUT2D eigenvalue weighted by Crippen LogP contribution is -2.24. The molecule has 2 aromatic heterocycles. The molecule has 5 nitrogen and oxygen atoms in total. The quantitative estimate of drug-likeness (QED) is 0.450. The van der Waals surface area contributed by atoms with Crippen molar-refractivity contribution in [3.63, 3.8) is 0 Å². The number of aromatic amines is 1. The fraction of sp³-hybridized carbons (Fsp3) is 0.133. The highest BCUT2D eigenvalue weighted by Crippen LogP contribution is 2.26. The van der Waals surface area contributed by atoms with E-state index in [0.717, 1.165) is 14.1 Å². The standard InChI is InChI=1S/C15H13IN4OS2/c1-9(14(21)17-11-6-4-10(16)5-7-11)20-13(18-19-15(20)22)12-3-2-8-23-12/h2-9H,1H3,(H,17,21)(H,19,22). The van der Waals surface area contributed by atoms with Gasteiger partial charge in [0.25, 0.3) is 0 Å². The highest BCUT2D eigenvalue weighted by molar-refractivity contribution is 14.1. The zero-order valence-electron chi connectivity index (χ0n) is 12.1. The molecular weight excluding hydrogens is 443 g/mol. The van der Waals surface area contributed by atoms with Crippen LogP contribution in [0.2, 0.25) is 0 Å². The van der Waals surface area contributed by atoms with Crippen molar-refractivity contribution in [1.29, 1.82) is 0 Å². The van der Waals surface area contributed by atoms with Crippen molar-refractivity contribution in [1.82, 2.24) is 14.8 Å². The van der Waals surface area contributed by atoms with Crippen LogP contribution in [0.15, 0.2) is 41.8 Å². The van der Waals surface area contributed by atoms with Crippen molar-refractivity contribution < 1.29 is 4.79 Å². The van der Waals surface area contributed by atoms with Gasteiger partial charge in [-0.25, -0.2) is 0 Å². The Morgan fingerprint density at radius 1 is 1.39 bits per heavy atom. The number of carbonyl (C=O) groups is 1. The number of amides is 1. The summed E-state index contributed by atoms with van der Waals surface area (Å²) in [7, 11) is 0. The van der Waals surface area contributed by atoms with Crippen molar-refractivity contribution in [2.24, 2.45) is 0 Å². The monoisotopic (exact) mass is 456 g/mol. The molecule has 1 aromatic carbocycles. The van der Waals surface area contributed by atoms with E-state index in [1.165, 1.54) is 0 Å². The first-order valence-electron chi connectivity index (χ1n) is 6.83. The third-order valence-electron chi connectivity index (χ3n) is 3.32. The summed E-state index contributed by atoms with van der Waals surface area (Å²) in [6.45, 7) is 1.81. The maximum atomic E-state index is 12.6. The summed E-state index contributed by atoms with van der Waals surface area (Å²) < 4.78 is 3.28. The Labute approximate surface area is 155 Å². The predicted octanol–water partition coefficient (Wildman–Crippen LogP) is 4.47. The number of carbonyl (C=O) groups excluding carboxylic acids is 1. The Morgan fingerprint density at radius 3 is 2.78 bits per heavy atom. The lowest BCUT2D eigenvalue weighted by molar-refractivity contribution is -0.118. The van der Waals surface area contributed by atoms with E-state index in [-0.39, 0.29) is 5.91 Å². The molecule has 0 spiro atoms. The molecule has 0 aliphatic heterocycles. The average Bonchev–Trinajstić information content (AvgIpc) is 3.18. The summed E-state index contributed by atoms with van der Waals surface area (Å²) in [5.74, 6) is 0.539. The van der Waals surface area contributed by atoms with Crippen LogP contribution in [0.4, 0.5) is 5.69 Å². The Bertz CT molecular complexity index is 868. The number of thiophene rings is 1. The SMILES string of the molecule is CC(C(=O)Nc1ccc(I)cc1)n1c(-c2cccs2)n[nH]c1=S. The smallest absolute Gasteiger partial charge is 0.247 e. The van der Waals surface area contributed by atoms with Crippen LogP contribution in [0.25, 0.3) is 10.7 Å². The molecule has 0 bridgehead atoms. The van der Waals surface area contributed by atoms with E-state index in [2.05, 4.69) is 38.1 Å². The molecule has 0 radical (unpaired) electrons. The van der Waals surface area contributed by atoms with Gasteiger partial charge in [0.1, 0.15) is 6.04 Å². The van der Waals surface area contributed by atoms with E-state index < -0.39 is 6.04 Å². The summed E-state index contributed by atoms with van der Waals surface area (Å²) in [4.78, 5) is 13.5. The third kappa shape index (κ3) is 3.54. The summed E-state index contributed by atoms with van der Waals surface area (Å²) in [6, 6.07) is 11.1. The minimum Gasteiger partial charge on any atom is -0.324 e. The zero-order valence-corrected chi connectivity index (χ0v) is 15.9. The maximum absolute atomic E-state index is 12.6. The van der Waals surface area contributed by atoms with Gasteiger partial charge < -0.3 is 5.32 Å². The Kier molecular flexibility index (Phi) is 4.93. The molecule has 3 aromatic rings. The second-order valence-corrected chi connectivity index (χ2v) is 7.45. The van der Waals surface area contributed by atoms with Crippen LogP contribution in [-0.2, 0) is 4.79 Å². The fourth-order valence-electron chi connectivity index (χ4n) is 2.14. The number of halogens is 1. The molecule has 3 rings (SSSR count). The van der Waals surface area contributed by atoms with E-state index in [9.17, 15) is 4.79 Å². The molecule has 23 heavy (non-hydrogen) atoms. The van der Waals surface area contributed by atoms with E-state index in [1.54, 1.807) is 15.9 Å². The topological polar surface area (TPSA) is 62.7 Å². The van der Waals surface area contributed by atoms with Gasteiger partial charge in [-0.1, -0.05) is 6.07 Å². The molecule has 118 valence electrons. The van der Waals surface area contributed by atoms with Crippen LogP contribution in [0.5, 0.6) is 0 Å². The van der Waals surface area contributed by atoms with Crippen LogP contribution >= 0.6 is 46.1 Å². The first-order chi connectivity index (χ1) is 11.1. The van der Waals surface area contributed by atoms with E-state index in [4.69, 9.17) is 12.2 Å². The van der Waals surface area contributed by atoms with Crippen LogP contribution in [0.1, 0.15) is 13.0 Å². The molecule has 1 atom stereocenters. The first-order valence-corrected chi connectivity index (χ1v) is 9.20. The summed E-state index contributed by atoms with van der Waals surface area (Å²) in [6.07, 6.45) is 0. The zero-order chi connectivity index (χ0) is 16.4. The van der Waals surface area contributed by atoms with Gasteiger partial charge in [0.15, 0.2) is 10.6 Å². The van der Waals surface area contributed by atoms with Crippen LogP contribution in [0.3, 0.4) is 0 Å². The molecule has 1 amide bonds. The molecule has 0 aliphatic rings. The van der Waals surface area contributed by atoms with Gasteiger partial charge in [0.2, 0.25) is 5.91 Å². The van der Waals surface area contributed by atoms with Crippen LogP contribution in [0, 0.1) is 8.34 Å². The minimum atomic E-state index is -0.474. The molecule has 8 heteroatoms. The van der Waals surface area contributed by atoms with Crippen LogP contribution in [-0.4, -0.2) is 20.7 Å². The lowest BCUT2D eigenvalue weighted by atomic mass is 10.2. The normalized spacial score (nSPS) is 12.1. The first kappa shape index (κ1) is 16.3. The van der Waals surface area contributed by atoms with Gasteiger partial charge in [0.05, 0.1) is 4.88 Å². The van der Waals surface area contributed by atoms with E-state index in [0.29, 0.717) is 10.6 Å². The number of H-pyrrole nitrogens is 1. The molecule has 2 heterocycles. The number of hydrogen-bond acceptors (Lipinski definition) is 4. The number of rotatable bonds is 4. The largest absolute Gasteiger partial charge is 0.324 e. The van der Waals surface area contributed by atoms with Gasteiger partial charge >= 0.3 is 0 Å². The van der Waals surface area contributed by atoms with Gasteiger partial charge in [-0.05, 0) is 77.4 Å². The molecule has 2 N–H and O–H groups in total. The predicted molar refractivity (Wildman–Crippen MR) is 103 cm³/mol. The molecule has 1 unspecified atom stereocenters.